The van der Waals surface area contributed by atoms with Gasteiger partial charge in [-0.15, -0.1) is 0 Å². The van der Waals surface area contributed by atoms with Crippen LogP contribution in [0.5, 0.6) is 0 Å². The van der Waals surface area contributed by atoms with E-state index >= 15 is 0 Å². The molecule has 0 aliphatic heterocycles. The monoisotopic (exact) mass is 493 g/mol. The molecule has 2 heterocycles. The Bertz CT molecular complexity index is 1070. The standard InChI is InChI=1S/C17H12Br2F3NO3/c1-7-3-11(8(2)23-7)16(25,17(20,21)22)12-5-9-4-10(18)6-13(19)14(9)26-15(12)24/h3-6,23,25H,1-2H3. The van der Waals surface area contributed by atoms with Gasteiger partial charge in [0.25, 0.3) is 0 Å². The fraction of sp³-hybridized carbons (Fsp3) is 0.235. The van der Waals surface area contributed by atoms with Gasteiger partial charge in [-0.2, -0.15) is 13.2 Å². The second-order valence-corrected chi connectivity index (χ2v) is 7.72. The van der Waals surface area contributed by atoms with Gasteiger partial charge in [-0.25, -0.2) is 4.79 Å². The fourth-order valence-electron chi connectivity index (χ4n) is 2.96. The number of rotatable bonds is 2. The second-order valence-electron chi connectivity index (χ2n) is 5.95. The van der Waals surface area contributed by atoms with Gasteiger partial charge in [-0.05, 0) is 54.0 Å². The maximum atomic E-state index is 13.9. The van der Waals surface area contributed by atoms with Crippen molar-refractivity contribution in [2.75, 3.05) is 0 Å². The molecule has 1 atom stereocenters. The molecule has 0 radical (unpaired) electrons. The molecule has 3 aromatic rings. The van der Waals surface area contributed by atoms with Gasteiger partial charge in [0.05, 0.1) is 10.0 Å². The summed E-state index contributed by atoms with van der Waals surface area (Å²) in [6.07, 6.45) is -5.14. The molecule has 1 unspecified atom stereocenters. The molecule has 0 aliphatic rings. The average Bonchev–Trinajstić information content (AvgIpc) is 2.84. The number of hydrogen-bond donors (Lipinski definition) is 2. The van der Waals surface area contributed by atoms with Gasteiger partial charge in [-0.3, -0.25) is 0 Å². The lowest BCUT2D eigenvalue weighted by atomic mass is 9.86. The lowest BCUT2D eigenvalue weighted by Gasteiger charge is -2.30. The van der Waals surface area contributed by atoms with E-state index in [0.29, 0.717) is 14.6 Å². The van der Waals surface area contributed by atoms with E-state index in [1.807, 2.05) is 0 Å². The number of aliphatic hydroxyl groups is 1. The van der Waals surface area contributed by atoms with Crippen molar-refractivity contribution < 1.29 is 22.7 Å². The van der Waals surface area contributed by atoms with E-state index in [4.69, 9.17) is 4.42 Å². The fourth-order valence-corrected chi connectivity index (χ4v) is 4.30. The van der Waals surface area contributed by atoms with Crippen molar-refractivity contribution in [3.8, 4) is 0 Å². The van der Waals surface area contributed by atoms with Crippen molar-refractivity contribution in [1.82, 2.24) is 4.98 Å². The Morgan fingerprint density at radius 1 is 1.08 bits per heavy atom. The van der Waals surface area contributed by atoms with Crippen LogP contribution in [0.4, 0.5) is 13.2 Å². The first-order valence-electron chi connectivity index (χ1n) is 7.34. The summed E-state index contributed by atoms with van der Waals surface area (Å²) in [4.78, 5) is 15.1. The van der Waals surface area contributed by atoms with Gasteiger partial charge in [0.2, 0.25) is 5.60 Å². The molecule has 3 rings (SSSR count). The number of alkyl halides is 3. The number of hydrogen-bond acceptors (Lipinski definition) is 3. The minimum absolute atomic E-state index is 0.0912. The van der Waals surface area contributed by atoms with E-state index in [1.165, 1.54) is 19.1 Å². The van der Waals surface area contributed by atoms with E-state index in [2.05, 4.69) is 36.8 Å². The number of aromatic amines is 1. The Kier molecular flexibility index (Phi) is 4.61. The van der Waals surface area contributed by atoms with Crippen molar-refractivity contribution >= 4 is 42.8 Å². The smallest absolute Gasteiger partial charge is 0.421 e. The second kappa shape index (κ2) is 6.24. The van der Waals surface area contributed by atoms with E-state index in [-0.39, 0.29) is 16.7 Å². The molecule has 0 saturated heterocycles. The zero-order valence-corrected chi connectivity index (χ0v) is 16.6. The van der Waals surface area contributed by atoms with Crippen molar-refractivity contribution in [1.29, 1.82) is 0 Å². The Hall–Kier alpha value is -1.58. The minimum Gasteiger partial charge on any atom is -0.421 e. The average molecular weight is 495 g/mol. The molecular weight excluding hydrogens is 483 g/mol. The Labute approximate surface area is 162 Å². The molecule has 4 nitrogen and oxygen atoms in total. The number of aromatic nitrogens is 1. The summed E-state index contributed by atoms with van der Waals surface area (Å²) in [6, 6.07) is 5.27. The summed E-state index contributed by atoms with van der Waals surface area (Å²) in [6.45, 7) is 2.96. The predicted molar refractivity (Wildman–Crippen MR) is 97.2 cm³/mol. The van der Waals surface area contributed by atoms with Crippen molar-refractivity contribution in [2.45, 2.75) is 25.6 Å². The number of aryl methyl sites for hydroxylation is 2. The summed E-state index contributed by atoms with van der Waals surface area (Å²) in [7, 11) is 0. The van der Waals surface area contributed by atoms with Gasteiger partial charge in [0.15, 0.2) is 5.58 Å². The maximum absolute atomic E-state index is 13.9. The van der Waals surface area contributed by atoms with Crippen LogP contribution in [0.3, 0.4) is 0 Å². The van der Waals surface area contributed by atoms with Gasteiger partial charge in [-0.1, -0.05) is 15.9 Å². The molecule has 0 spiro atoms. The molecule has 1 aromatic carbocycles. The highest BCUT2D eigenvalue weighted by Crippen LogP contribution is 2.45. The van der Waals surface area contributed by atoms with Crippen molar-refractivity contribution in [3.63, 3.8) is 0 Å². The summed E-state index contributed by atoms with van der Waals surface area (Å²) in [5, 5.41) is 11.0. The van der Waals surface area contributed by atoms with Crippen LogP contribution in [0.25, 0.3) is 11.0 Å². The molecular formula is C17H12Br2F3NO3. The quantitative estimate of drug-likeness (QED) is 0.489. The van der Waals surface area contributed by atoms with Crippen molar-refractivity contribution in [3.05, 3.63) is 66.1 Å². The van der Waals surface area contributed by atoms with Crippen LogP contribution in [0.2, 0.25) is 0 Å². The number of benzene rings is 1. The lowest BCUT2D eigenvalue weighted by Crippen LogP contribution is -2.46. The number of nitrogens with one attached hydrogen (secondary N) is 1. The van der Waals surface area contributed by atoms with Crippen molar-refractivity contribution in [2.24, 2.45) is 0 Å². The number of H-pyrrole nitrogens is 1. The lowest BCUT2D eigenvalue weighted by molar-refractivity contribution is -0.249. The van der Waals surface area contributed by atoms with Gasteiger partial charge in [0, 0.05) is 26.8 Å². The molecule has 0 fully saturated rings. The largest absolute Gasteiger partial charge is 0.426 e. The topological polar surface area (TPSA) is 66.2 Å². The Morgan fingerprint density at radius 3 is 2.27 bits per heavy atom. The molecule has 0 bridgehead atoms. The third kappa shape index (κ3) is 2.91. The number of fused-ring (bicyclic) bond motifs is 1. The Morgan fingerprint density at radius 2 is 1.73 bits per heavy atom. The minimum atomic E-state index is -5.14. The normalized spacial score (nSPS) is 14.6. The summed E-state index contributed by atoms with van der Waals surface area (Å²) < 4.78 is 47.9. The van der Waals surface area contributed by atoms with Crippen LogP contribution >= 0.6 is 31.9 Å². The zero-order chi connectivity index (χ0) is 19.4. The van der Waals surface area contributed by atoms with E-state index in [1.54, 1.807) is 13.0 Å². The first kappa shape index (κ1) is 19.2. The van der Waals surface area contributed by atoms with Gasteiger partial charge >= 0.3 is 11.8 Å². The number of halogens is 5. The van der Waals surface area contributed by atoms with E-state index < -0.39 is 28.5 Å². The molecule has 26 heavy (non-hydrogen) atoms. The molecule has 138 valence electrons. The van der Waals surface area contributed by atoms with E-state index in [9.17, 15) is 23.1 Å². The molecule has 2 aromatic heterocycles. The third-order valence-corrected chi connectivity index (χ3v) is 5.14. The van der Waals surface area contributed by atoms with Crippen LogP contribution in [0.15, 0.2) is 42.4 Å². The zero-order valence-electron chi connectivity index (χ0n) is 13.5. The predicted octanol–water partition coefficient (Wildman–Crippen LogP) is 5.06. The van der Waals surface area contributed by atoms with Crippen LogP contribution in [0.1, 0.15) is 22.5 Å². The van der Waals surface area contributed by atoms with Gasteiger partial charge < -0.3 is 14.5 Å². The summed E-state index contributed by atoms with van der Waals surface area (Å²) in [5.41, 5.74) is -5.49. The Balaban J connectivity index is 2.41. The summed E-state index contributed by atoms with van der Waals surface area (Å²) in [5.74, 6) is 0. The van der Waals surface area contributed by atoms with E-state index in [0.717, 1.165) is 6.07 Å². The molecule has 0 aliphatic carbocycles. The van der Waals surface area contributed by atoms with Gasteiger partial charge in [0.1, 0.15) is 0 Å². The third-order valence-electron chi connectivity index (χ3n) is 4.09. The SMILES string of the molecule is Cc1cc(C(O)(c2cc3cc(Br)cc(Br)c3oc2=O)C(F)(F)F)c(C)[nH]1. The first-order valence-corrected chi connectivity index (χ1v) is 8.93. The van der Waals surface area contributed by atoms with Crippen LogP contribution in [0, 0.1) is 13.8 Å². The van der Waals surface area contributed by atoms with Crippen LogP contribution in [-0.2, 0) is 5.60 Å². The van der Waals surface area contributed by atoms with Crippen LogP contribution < -0.4 is 5.63 Å². The highest BCUT2D eigenvalue weighted by molar-refractivity contribution is 9.11. The molecule has 9 heteroatoms. The summed E-state index contributed by atoms with van der Waals surface area (Å²) >= 11 is 6.44. The molecule has 0 saturated carbocycles. The van der Waals surface area contributed by atoms with Crippen LogP contribution in [-0.4, -0.2) is 16.3 Å². The molecule has 0 amide bonds. The highest BCUT2D eigenvalue weighted by Gasteiger charge is 2.59. The maximum Gasteiger partial charge on any atom is 0.426 e. The molecule has 2 N–H and O–H groups in total. The highest BCUT2D eigenvalue weighted by atomic mass is 79.9. The first-order chi connectivity index (χ1) is 11.9.